The molecule has 2 aromatic heterocycles. The number of amides is 1. The Kier molecular flexibility index (Phi) is 5.64. The number of carbonyl (C=O) groups is 1. The van der Waals surface area contributed by atoms with Crippen LogP contribution in [0.5, 0.6) is 0 Å². The number of carbonyl (C=O) groups excluding carboxylic acids is 1. The van der Waals surface area contributed by atoms with Crippen molar-refractivity contribution in [1.29, 1.82) is 0 Å². The van der Waals surface area contributed by atoms with Gasteiger partial charge in [-0.1, -0.05) is 45.5 Å². The van der Waals surface area contributed by atoms with Gasteiger partial charge in [0.25, 0.3) is 5.56 Å². The van der Waals surface area contributed by atoms with Crippen LogP contribution in [0.3, 0.4) is 0 Å². The van der Waals surface area contributed by atoms with E-state index in [-0.39, 0.29) is 22.3 Å². The minimum atomic E-state index is -0.0444. The van der Waals surface area contributed by atoms with E-state index in [0.717, 1.165) is 35.5 Å². The number of hydrogen-bond donors (Lipinski definition) is 0. The molecule has 162 valence electrons. The summed E-state index contributed by atoms with van der Waals surface area (Å²) in [5.74, 6) is 0.472. The number of likely N-dealkylation sites (tertiary alicyclic amines) is 1. The normalized spacial score (nSPS) is 25.1. The van der Waals surface area contributed by atoms with Crippen molar-refractivity contribution >= 4 is 39.2 Å². The van der Waals surface area contributed by atoms with Crippen molar-refractivity contribution in [3.05, 3.63) is 34.0 Å². The summed E-state index contributed by atoms with van der Waals surface area (Å²) in [6.45, 7) is 14.1. The van der Waals surface area contributed by atoms with Crippen LogP contribution >= 0.6 is 23.1 Å². The van der Waals surface area contributed by atoms with Crippen molar-refractivity contribution in [1.82, 2.24) is 14.5 Å². The molecule has 2 aromatic rings. The number of thioether (sulfide) groups is 1. The lowest BCUT2D eigenvalue weighted by Gasteiger charge is -2.39. The van der Waals surface area contributed by atoms with Gasteiger partial charge in [0, 0.05) is 24.0 Å². The number of rotatable bonds is 6. The summed E-state index contributed by atoms with van der Waals surface area (Å²) < 4.78 is 1.65. The molecule has 5 nitrogen and oxygen atoms in total. The zero-order valence-corrected chi connectivity index (χ0v) is 20.0. The number of aryl methyl sites for hydroxylation is 1. The quantitative estimate of drug-likeness (QED) is 0.367. The summed E-state index contributed by atoms with van der Waals surface area (Å²) >= 11 is 2.95. The van der Waals surface area contributed by atoms with E-state index in [1.807, 2.05) is 6.07 Å². The van der Waals surface area contributed by atoms with Gasteiger partial charge < -0.3 is 4.90 Å². The number of aromatic nitrogens is 2. The minimum Gasteiger partial charge on any atom is -0.338 e. The highest BCUT2D eigenvalue weighted by Crippen LogP contribution is 2.52. The third-order valence-electron chi connectivity index (χ3n) is 6.39. The molecule has 7 heteroatoms. The Bertz CT molecular complexity index is 1050. The van der Waals surface area contributed by atoms with Gasteiger partial charge in [-0.15, -0.1) is 17.9 Å². The van der Waals surface area contributed by atoms with Crippen LogP contribution < -0.4 is 5.56 Å². The van der Waals surface area contributed by atoms with Gasteiger partial charge in [0.15, 0.2) is 5.16 Å². The van der Waals surface area contributed by atoms with Gasteiger partial charge in [0.1, 0.15) is 4.83 Å². The van der Waals surface area contributed by atoms with Crippen LogP contribution in [0.1, 0.15) is 51.8 Å². The molecule has 2 fully saturated rings. The molecule has 0 radical (unpaired) electrons. The van der Waals surface area contributed by atoms with Crippen molar-refractivity contribution in [3.63, 3.8) is 0 Å². The monoisotopic (exact) mass is 445 g/mol. The van der Waals surface area contributed by atoms with Crippen LogP contribution in [0.2, 0.25) is 0 Å². The average molecular weight is 446 g/mol. The highest BCUT2D eigenvalue weighted by atomic mass is 32.2. The van der Waals surface area contributed by atoms with Crippen LogP contribution in [0, 0.1) is 10.8 Å². The number of thiophene rings is 1. The van der Waals surface area contributed by atoms with Gasteiger partial charge in [0.05, 0.1) is 11.1 Å². The Morgan fingerprint density at radius 3 is 2.87 bits per heavy atom. The molecule has 1 aliphatic heterocycles. The number of nitrogens with zero attached hydrogens (tertiary/aromatic N) is 3. The molecule has 1 saturated carbocycles. The Hall–Kier alpha value is -1.60. The zero-order valence-electron chi connectivity index (χ0n) is 18.4. The van der Waals surface area contributed by atoms with E-state index < -0.39 is 0 Å². The molecule has 2 aliphatic rings. The molecule has 1 aliphatic carbocycles. The summed E-state index contributed by atoms with van der Waals surface area (Å²) in [5.41, 5.74) is 0.465. The Balaban J connectivity index is 1.56. The Labute approximate surface area is 186 Å². The molecule has 3 heterocycles. The number of hydrogen-bond acceptors (Lipinski definition) is 5. The van der Waals surface area contributed by atoms with Crippen LogP contribution in [-0.4, -0.2) is 38.7 Å². The second-order valence-electron chi connectivity index (χ2n) is 9.91. The van der Waals surface area contributed by atoms with E-state index in [0.29, 0.717) is 28.9 Å². The summed E-state index contributed by atoms with van der Waals surface area (Å²) in [4.78, 5) is 34.9. The van der Waals surface area contributed by atoms with Gasteiger partial charge in [-0.25, -0.2) is 4.98 Å². The zero-order chi connectivity index (χ0) is 21.7. The van der Waals surface area contributed by atoms with E-state index in [2.05, 4.69) is 39.2 Å². The highest BCUT2D eigenvalue weighted by molar-refractivity contribution is 7.99. The highest BCUT2D eigenvalue weighted by Gasteiger charge is 2.50. The Morgan fingerprint density at radius 2 is 2.17 bits per heavy atom. The second kappa shape index (κ2) is 7.83. The van der Waals surface area contributed by atoms with Crippen LogP contribution in [0.15, 0.2) is 28.7 Å². The molecule has 4 rings (SSSR count). The second-order valence-corrected chi connectivity index (χ2v) is 12.0. The number of allylic oxidation sites excluding steroid dienone is 1. The summed E-state index contributed by atoms with van der Waals surface area (Å²) in [6.07, 6.45) is 5.93. The molecular formula is C23H31N3O2S2. The molecule has 2 atom stereocenters. The fraction of sp³-hybridized carbons (Fsp3) is 0.609. The van der Waals surface area contributed by atoms with E-state index in [9.17, 15) is 9.59 Å². The fourth-order valence-corrected chi connectivity index (χ4v) is 7.49. The first kappa shape index (κ1) is 21.6. The van der Waals surface area contributed by atoms with Gasteiger partial charge in [-0.3, -0.25) is 14.2 Å². The SMILES string of the molecule is C=CCn1c(SCC(=O)N2C[C@]3(C)C[C@H]2CC(C)(C)C3)nc2sc(CC)cc2c1=O. The van der Waals surface area contributed by atoms with Crippen molar-refractivity contribution in [2.75, 3.05) is 12.3 Å². The van der Waals surface area contributed by atoms with Crippen molar-refractivity contribution in [2.45, 2.75) is 71.1 Å². The van der Waals surface area contributed by atoms with E-state index in [1.54, 1.807) is 22.0 Å². The predicted molar refractivity (Wildman–Crippen MR) is 125 cm³/mol. The fourth-order valence-electron chi connectivity index (χ4n) is 5.58. The molecule has 1 amide bonds. The van der Waals surface area contributed by atoms with Crippen LogP contribution in [0.25, 0.3) is 10.2 Å². The first-order valence-electron chi connectivity index (χ1n) is 10.7. The van der Waals surface area contributed by atoms with E-state index in [4.69, 9.17) is 4.98 Å². The standard InChI is InChI=1S/C23H31N3O2S2/c1-6-8-25-20(28)17-9-16(7-2)30-19(17)24-21(25)29-12-18(27)26-14-23(5)11-15(26)10-22(3,4)13-23/h6,9,15H,1,7-8,10-14H2,2-5H3/t15-,23-/m1/s1. The van der Waals surface area contributed by atoms with Gasteiger partial charge >= 0.3 is 0 Å². The molecule has 0 unspecified atom stereocenters. The summed E-state index contributed by atoms with van der Waals surface area (Å²) in [5, 5.41) is 1.27. The van der Waals surface area contributed by atoms with Crippen molar-refractivity contribution in [3.8, 4) is 0 Å². The van der Waals surface area contributed by atoms with E-state index >= 15 is 0 Å². The van der Waals surface area contributed by atoms with Crippen molar-refractivity contribution < 1.29 is 4.79 Å². The Morgan fingerprint density at radius 1 is 1.40 bits per heavy atom. The molecule has 1 saturated heterocycles. The first-order chi connectivity index (χ1) is 14.1. The van der Waals surface area contributed by atoms with E-state index in [1.165, 1.54) is 18.2 Å². The molecule has 0 N–H and O–H groups in total. The third kappa shape index (κ3) is 3.98. The molecular weight excluding hydrogens is 414 g/mol. The number of fused-ring (bicyclic) bond motifs is 3. The van der Waals surface area contributed by atoms with Gasteiger partial charge in [-0.05, 0) is 42.6 Å². The lowest BCUT2D eigenvalue weighted by molar-refractivity contribution is -0.129. The predicted octanol–water partition coefficient (Wildman–Crippen LogP) is 4.73. The third-order valence-corrected chi connectivity index (χ3v) is 8.52. The first-order valence-corrected chi connectivity index (χ1v) is 12.5. The maximum atomic E-state index is 13.2. The topological polar surface area (TPSA) is 55.2 Å². The summed E-state index contributed by atoms with van der Waals surface area (Å²) in [7, 11) is 0. The lowest BCUT2D eigenvalue weighted by Crippen LogP contribution is -2.38. The molecule has 0 aromatic carbocycles. The molecule has 30 heavy (non-hydrogen) atoms. The lowest BCUT2D eigenvalue weighted by atomic mass is 9.65. The van der Waals surface area contributed by atoms with Crippen molar-refractivity contribution in [2.24, 2.45) is 10.8 Å². The molecule has 2 bridgehead atoms. The maximum Gasteiger partial charge on any atom is 0.263 e. The summed E-state index contributed by atoms with van der Waals surface area (Å²) in [6, 6.07) is 2.28. The average Bonchev–Trinajstić information content (AvgIpc) is 3.19. The largest absolute Gasteiger partial charge is 0.338 e. The van der Waals surface area contributed by atoms with Gasteiger partial charge in [0.2, 0.25) is 5.91 Å². The molecule has 0 spiro atoms. The maximum absolute atomic E-state index is 13.2. The van der Waals surface area contributed by atoms with Crippen LogP contribution in [0.4, 0.5) is 0 Å². The van der Waals surface area contributed by atoms with Gasteiger partial charge in [-0.2, -0.15) is 0 Å². The minimum absolute atomic E-state index is 0.0444. The smallest absolute Gasteiger partial charge is 0.263 e. The van der Waals surface area contributed by atoms with Crippen LogP contribution in [-0.2, 0) is 17.8 Å².